The molecule has 5 nitrogen and oxygen atoms in total. The Morgan fingerprint density at radius 3 is 2.50 bits per heavy atom. The number of carbonyl (C=O) groups is 2. The summed E-state index contributed by atoms with van der Waals surface area (Å²) in [6, 6.07) is 4.89. The lowest BCUT2D eigenvalue weighted by molar-refractivity contribution is -0.136. The van der Waals surface area contributed by atoms with Crippen molar-refractivity contribution in [1.82, 2.24) is 10.2 Å². The van der Waals surface area contributed by atoms with E-state index >= 15 is 0 Å². The average Bonchev–Trinajstić information content (AvgIpc) is 2.56. The summed E-state index contributed by atoms with van der Waals surface area (Å²) < 4.78 is 13.5. The fourth-order valence-electron chi connectivity index (χ4n) is 2.85. The van der Waals surface area contributed by atoms with Crippen LogP contribution in [0.25, 0.3) is 0 Å². The predicted octanol–water partition coefficient (Wildman–Crippen LogP) is 2.31. The molecule has 2 rings (SSSR count). The third-order valence-corrected chi connectivity index (χ3v) is 4.57. The Kier molecular flexibility index (Phi) is 6.31. The van der Waals surface area contributed by atoms with E-state index in [0.29, 0.717) is 24.1 Å². The van der Waals surface area contributed by atoms with Gasteiger partial charge in [-0.3, -0.25) is 9.59 Å². The number of piperidine rings is 1. The third-order valence-electron chi connectivity index (χ3n) is 4.57. The molecule has 0 aromatic heterocycles. The van der Waals surface area contributed by atoms with Gasteiger partial charge in [0, 0.05) is 18.3 Å². The number of anilines is 1. The molecule has 2 amide bonds. The Balaban J connectivity index is 1.76. The molecule has 0 bridgehead atoms. The van der Waals surface area contributed by atoms with Gasteiger partial charge in [0.15, 0.2) is 0 Å². The predicted molar refractivity (Wildman–Crippen MR) is 92.2 cm³/mol. The van der Waals surface area contributed by atoms with Crippen LogP contribution in [-0.2, 0) is 9.59 Å². The van der Waals surface area contributed by atoms with Crippen LogP contribution in [0.3, 0.4) is 0 Å². The van der Waals surface area contributed by atoms with Gasteiger partial charge in [-0.25, -0.2) is 4.39 Å². The second-order valence-electron chi connectivity index (χ2n) is 6.70. The fourth-order valence-corrected chi connectivity index (χ4v) is 2.85. The van der Waals surface area contributed by atoms with Crippen molar-refractivity contribution in [2.45, 2.75) is 39.7 Å². The second kappa shape index (κ2) is 8.24. The third kappa shape index (κ3) is 5.03. The zero-order valence-corrected chi connectivity index (χ0v) is 14.6. The van der Waals surface area contributed by atoms with Crippen molar-refractivity contribution >= 4 is 17.5 Å². The maximum Gasteiger partial charge on any atom is 0.313 e. The lowest BCUT2D eigenvalue weighted by atomic mass is 9.96. The van der Waals surface area contributed by atoms with Crippen LogP contribution >= 0.6 is 0 Å². The number of hydrogen-bond donors (Lipinski definition) is 2. The minimum Gasteiger partial charge on any atom is -0.348 e. The van der Waals surface area contributed by atoms with Crippen LogP contribution in [0.5, 0.6) is 0 Å². The van der Waals surface area contributed by atoms with Gasteiger partial charge < -0.3 is 15.5 Å². The van der Waals surface area contributed by atoms with Crippen LogP contribution in [0.2, 0.25) is 0 Å². The van der Waals surface area contributed by atoms with Crippen LogP contribution in [-0.4, -0.2) is 42.4 Å². The molecule has 0 spiro atoms. The summed E-state index contributed by atoms with van der Waals surface area (Å²) in [7, 11) is 0. The first-order valence-corrected chi connectivity index (χ1v) is 8.46. The Bertz CT molecular complexity index is 596. The molecule has 1 aromatic carbocycles. The SMILES string of the molecule is Cc1ccc(NC(=O)C(=O)NCC2CCN(C(C)C)CC2)cc1F. The van der Waals surface area contributed by atoms with Gasteiger partial charge >= 0.3 is 11.8 Å². The molecule has 1 aliphatic rings. The number of nitrogens with one attached hydrogen (secondary N) is 2. The van der Waals surface area contributed by atoms with Crippen molar-refractivity contribution in [3.8, 4) is 0 Å². The summed E-state index contributed by atoms with van der Waals surface area (Å²) in [6.07, 6.45) is 2.03. The van der Waals surface area contributed by atoms with E-state index in [1.165, 1.54) is 6.07 Å². The van der Waals surface area contributed by atoms with E-state index in [1.807, 2.05) is 0 Å². The molecule has 1 heterocycles. The fraction of sp³-hybridized carbons (Fsp3) is 0.556. The Morgan fingerprint density at radius 2 is 1.92 bits per heavy atom. The highest BCUT2D eigenvalue weighted by Gasteiger charge is 2.22. The maximum atomic E-state index is 13.5. The number of halogens is 1. The van der Waals surface area contributed by atoms with Gasteiger partial charge in [0.2, 0.25) is 0 Å². The molecule has 24 heavy (non-hydrogen) atoms. The molecular formula is C18H26FN3O2. The molecule has 0 radical (unpaired) electrons. The molecule has 0 unspecified atom stereocenters. The monoisotopic (exact) mass is 335 g/mol. The molecule has 1 saturated heterocycles. The van der Waals surface area contributed by atoms with Crippen LogP contribution in [0, 0.1) is 18.7 Å². The van der Waals surface area contributed by atoms with Gasteiger partial charge in [-0.2, -0.15) is 0 Å². The summed E-state index contributed by atoms with van der Waals surface area (Å²) in [4.78, 5) is 26.2. The van der Waals surface area contributed by atoms with E-state index in [4.69, 9.17) is 0 Å². The number of nitrogens with zero attached hydrogens (tertiary/aromatic N) is 1. The molecule has 2 N–H and O–H groups in total. The molecular weight excluding hydrogens is 309 g/mol. The summed E-state index contributed by atoms with van der Waals surface area (Å²) in [5.41, 5.74) is 0.772. The topological polar surface area (TPSA) is 61.4 Å². The summed E-state index contributed by atoms with van der Waals surface area (Å²) >= 11 is 0. The first-order chi connectivity index (χ1) is 11.4. The van der Waals surface area contributed by atoms with Crippen LogP contribution in [0.15, 0.2) is 18.2 Å². The van der Waals surface area contributed by atoms with E-state index in [2.05, 4.69) is 29.4 Å². The summed E-state index contributed by atoms with van der Waals surface area (Å²) in [6.45, 7) is 8.54. The number of likely N-dealkylation sites (tertiary alicyclic amines) is 1. The summed E-state index contributed by atoms with van der Waals surface area (Å²) in [5.74, 6) is -1.46. The molecule has 1 aromatic rings. The Morgan fingerprint density at radius 1 is 1.25 bits per heavy atom. The Labute approximate surface area is 142 Å². The lowest BCUT2D eigenvalue weighted by Crippen LogP contribution is -2.43. The largest absolute Gasteiger partial charge is 0.348 e. The van der Waals surface area contributed by atoms with E-state index in [0.717, 1.165) is 25.9 Å². The quantitative estimate of drug-likeness (QED) is 0.830. The second-order valence-corrected chi connectivity index (χ2v) is 6.70. The van der Waals surface area contributed by atoms with E-state index < -0.39 is 17.6 Å². The highest BCUT2D eigenvalue weighted by atomic mass is 19.1. The Hall–Kier alpha value is -1.95. The number of amides is 2. The van der Waals surface area contributed by atoms with Crippen LogP contribution in [0.4, 0.5) is 10.1 Å². The minimum absolute atomic E-state index is 0.281. The number of aryl methyl sites for hydroxylation is 1. The molecule has 0 atom stereocenters. The first-order valence-electron chi connectivity index (χ1n) is 8.46. The maximum absolute atomic E-state index is 13.5. The first kappa shape index (κ1) is 18.4. The number of benzene rings is 1. The van der Waals surface area contributed by atoms with Crippen molar-refractivity contribution in [3.63, 3.8) is 0 Å². The van der Waals surface area contributed by atoms with Gasteiger partial charge in [-0.05, 0) is 70.3 Å². The van der Waals surface area contributed by atoms with Gasteiger partial charge in [0.25, 0.3) is 0 Å². The average molecular weight is 335 g/mol. The van der Waals surface area contributed by atoms with Crippen molar-refractivity contribution < 1.29 is 14.0 Å². The standard InChI is InChI=1S/C18H26FN3O2/c1-12(2)22-8-6-14(7-9-22)11-20-17(23)18(24)21-15-5-4-13(3)16(19)10-15/h4-5,10,12,14H,6-9,11H2,1-3H3,(H,20,23)(H,21,24). The number of carbonyl (C=O) groups excluding carboxylic acids is 2. The molecule has 6 heteroatoms. The molecule has 1 fully saturated rings. The van der Waals surface area contributed by atoms with Crippen molar-refractivity contribution in [1.29, 1.82) is 0 Å². The molecule has 1 aliphatic heterocycles. The number of rotatable bonds is 4. The lowest BCUT2D eigenvalue weighted by Gasteiger charge is -2.34. The van der Waals surface area contributed by atoms with Gasteiger partial charge in [-0.1, -0.05) is 6.07 Å². The van der Waals surface area contributed by atoms with Crippen molar-refractivity contribution in [3.05, 3.63) is 29.6 Å². The van der Waals surface area contributed by atoms with Gasteiger partial charge in [0.1, 0.15) is 5.82 Å². The highest BCUT2D eigenvalue weighted by Crippen LogP contribution is 2.18. The smallest absolute Gasteiger partial charge is 0.313 e. The van der Waals surface area contributed by atoms with E-state index in [-0.39, 0.29) is 5.69 Å². The summed E-state index contributed by atoms with van der Waals surface area (Å²) in [5, 5.41) is 5.10. The van der Waals surface area contributed by atoms with Crippen molar-refractivity contribution in [2.75, 3.05) is 25.0 Å². The van der Waals surface area contributed by atoms with Crippen LogP contribution in [0.1, 0.15) is 32.3 Å². The van der Waals surface area contributed by atoms with Gasteiger partial charge in [-0.15, -0.1) is 0 Å². The highest BCUT2D eigenvalue weighted by molar-refractivity contribution is 6.39. The zero-order chi connectivity index (χ0) is 17.7. The molecule has 0 aliphatic carbocycles. The number of hydrogen-bond acceptors (Lipinski definition) is 3. The molecule has 132 valence electrons. The molecule has 0 saturated carbocycles. The van der Waals surface area contributed by atoms with E-state index in [1.54, 1.807) is 19.1 Å². The minimum atomic E-state index is -0.766. The normalized spacial score (nSPS) is 16.2. The van der Waals surface area contributed by atoms with E-state index in [9.17, 15) is 14.0 Å². The van der Waals surface area contributed by atoms with Crippen molar-refractivity contribution in [2.24, 2.45) is 5.92 Å². The zero-order valence-electron chi connectivity index (χ0n) is 14.6. The van der Waals surface area contributed by atoms with Crippen LogP contribution < -0.4 is 10.6 Å². The van der Waals surface area contributed by atoms with Gasteiger partial charge in [0.05, 0.1) is 0 Å².